The maximum Gasteiger partial charge on any atom is 0.233 e. The van der Waals surface area contributed by atoms with Crippen LogP contribution in [0.1, 0.15) is 70.6 Å². The van der Waals surface area contributed by atoms with Crippen LogP contribution in [0, 0.1) is 0 Å². The largest absolute Gasteiger partial charge is 0.249 e. The van der Waals surface area contributed by atoms with Crippen molar-refractivity contribution in [2.24, 2.45) is 0 Å². The van der Waals surface area contributed by atoms with Gasteiger partial charge in [0.2, 0.25) is 5.79 Å². The van der Waals surface area contributed by atoms with Crippen LogP contribution in [0.5, 0.6) is 0 Å². The fraction of sp³-hybridized carbons (Fsp3) is 1.00. The summed E-state index contributed by atoms with van der Waals surface area (Å²) in [6, 6.07) is 0. The molecule has 1 rings (SSSR count). The average Bonchev–Trinajstić information content (AvgIpc) is 2.33. The van der Waals surface area contributed by atoms with Crippen molar-refractivity contribution in [3.05, 3.63) is 0 Å². The van der Waals surface area contributed by atoms with Gasteiger partial charge >= 0.3 is 0 Å². The molecule has 0 heterocycles. The van der Waals surface area contributed by atoms with E-state index in [1.165, 1.54) is 39.2 Å². The van der Waals surface area contributed by atoms with Crippen molar-refractivity contribution in [1.82, 2.24) is 0 Å². The third kappa shape index (κ3) is 5.82. The molecule has 0 unspecified atom stereocenters. The van der Waals surface area contributed by atoms with Crippen molar-refractivity contribution in [2.75, 3.05) is 7.11 Å². The standard InChI is InChI=1S/C13H26O4/c1-15-17-13(16-14)11-9-7-5-3-2-4-6-8-10-12-13/h14H,2-12H2,1H3. The van der Waals surface area contributed by atoms with Crippen LogP contribution in [0.4, 0.5) is 0 Å². The minimum atomic E-state index is -0.950. The summed E-state index contributed by atoms with van der Waals surface area (Å²) in [6.45, 7) is 0. The third-order valence-corrected chi connectivity index (χ3v) is 3.52. The van der Waals surface area contributed by atoms with Crippen LogP contribution in [0.15, 0.2) is 0 Å². The lowest BCUT2D eigenvalue weighted by Gasteiger charge is -2.28. The van der Waals surface area contributed by atoms with E-state index in [1.807, 2.05) is 0 Å². The lowest BCUT2D eigenvalue weighted by molar-refractivity contribution is -0.496. The molecule has 1 saturated carbocycles. The molecule has 102 valence electrons. The molecular weight excluding hydrogens is 220 g/mol. The molecular formula is C13H26O4. The smallest absolute Gasteiger partial charge is 0.233 e. The zero-order chi connectivity index (χ0) is 12.4. The van der Waals surface area contributed by atoms with Gasteiger partial charge in [-0.15, -0.1) is 0 Å². The molecule has 0 saturated heterocycles. The van der Waals surface area contributed by atoms with E-state index in [0.717, 1.165) is 25.7 Å². The second kappa shape index (κ2) is 8.86. The Labute approximate surface area is 104 Å². The SMILES string of the molecule is COOC1(OO)CCCCCCCCCCC1. The first-order chi connectivity index (χ1) is 8.33. The molecule has 0 radical (unpaired) electrons. The maximum absolute atomic E-state index is 9.07. The average molecular weight is 246 g/mol. The van der Waals surface area contributed by atoms with Gasteiger partial charge in [0, 0.05) is 12.8 Å². The van der Waals surface area contributed by atoms with Crippen molar-refractivity contribution in [3.63, 3.8) is 0 Å². The van der Waals surface area contributed by atoms with Gasteiger partial charge in [-0.2, -0.15) is 4.89 Å². The van der Waals surface area contributed by atoms with Gasteiger partial charge in [-0.05, 0) is 12.8 Å². The van der Waals surface area contributed by atoms with E-state index in [0.29, 0.717) is 12.8 Å². The third-order valence-electron chi connectivity index (χ3n) is 3.52. The first-order valence-electron chi connectivity index (χ1n) is 6.87. The second-order valence-electron chi connectivity index (χ2n) is 4.93. The predicted molar refractivity (Wildman–Crippen MR) is 65.3 cm³/mol. The lowest BCUT2D eigenvalue weighted by Crippen LogP contribution is -2.35. The number of hydrogen-bond donors (Lipinski definition) is 1. The summed E-state index contributed by atoms with van der Waals surface area (Å²) in [7, 11) is 1.46. The summed E-state index contributed by atoms with van der Waals surface area (Å²) in [5.41, 5.74) is 0. The Morgan fingerprint density at radius 2 is 1.18 bits per heavy atom. The molecule has 0 aromatic rings. The Hall–Kier alpha value is -0.160. The normalized spacial score (nSPS) is 23.6. The molecule has 4 heteroatoms. The van der Waals surface area contributed by atoms with Gasteiger partial charge in [0.15, 0.2) is 0 Å². The van der Waals surface area contributed by atoms with Crippen LogP contribution < -0.4 is 0 Å². The van der Waals surface area contributed by atoms with E-state index < -0.39 is 5.79 Å². The van der Waals surface area contributed by atoms with Crippen LogP contribution >= 0.6 is 0 Å². The van der Waals surface area contributed by atoms with E-state index in [2.05, 4.69) is 4.89 Å². The Bertz CT molecular complexity index is 172. The summed E-state index contributed by atoms with van der Waals surface area (Å²) in [4.78, 5) is 14.4. The molecule has 1 aliphatic rings. The molecule has 1 N–H and O–H groups in total. The van der Waals surface area contributed by atoms with Crippen molar-refractivity contribution in [1.29, 1.82) is 0 Å². The predicted octanol–water partition coefficient (Wildman–Crippen LogP) is 4.06. The van der Waals surface area contributed by atoms with E-state index in [9.17, 15) is 0 Å². The lowest BCUT2D eigenvalue weighted by atomic mass is 9.97. The first kappa shape index (κ1) is 14.9. The molecule has 4 nitrogen and oxygen atoms in total. The molecule has 0 atom stereocenters. The molecule has 0 amide bonds. The van der Waals surface area contributed by atoms with Gasteiger partial charge in [-0.1, -0.05) is 44.9 Å². The number of rotatable bonds is 3. The van der Waals surface area contributed by atoms with Crippen LogP contribution in [-0.4, -0.2) is 18.2 Å². The summed E-state index contributed by atoms with van der Waals surface area (Å²) in [5, 5.41) is 9.07. The van der Waals surface area contributed by atoms with E-state index in [-0.39, 0.29) is 0 Å². The van der Waals surface area contributed by atoms with E-state index in [4.69, 9.17) is 15.0 Å². The highest BCUT2D eigenvalue weighted by Gasteiger charge is 2.33. The Kier molecular flexibility index (Phi) is 7.77. The van der Waals surface area contributed by atoms with Gasteiger partial charge in [0.05, 0.1) is 7.11 Å². The Balaban J connectivity index is 2.45. The van der Waals surface area contributed by atoms with Crippen molar-refractivity contribution in [3.8, 4) is 0 Å². The highest BCUT2D eigenvalue weighted by molar-refractivity contribution is 4.68. The van der Waals surface area contributed by atoms with Crippen molar-refractivity contribution < 1.29 is 19.9 Å². The van der Waals surface area contributed by atoms with Crippen LogP contribution in [0.2, 0.25) is 0 Å². The molecule has 0 aliphatic heterocycles. The van der Waals surface area contributed by atoms with Crippen molar-refractivity contribution >= 4 is 0 Å². The molecule has 1 aliphatic carbocycles. The molecule has 0 aromatic heterocycles. The quantitative estimate of drug-likeness (QED) is 0.463. The fourth-order valence-electron chi connectivity index (χ4n) is 2.49. The van der Waals surface area contributed by atoms with Gasteiger partial charge < -0.3 is 0 Å². The molecule has 0 spiro atoms. The van der Waals surface area contributed by atoms with Crippen LogP contribution in [0.25, 0.3) is 0 Å². The van der Waals surface area contributed by atoms with Gasteiger partial charge in [-0.3, -0.25) is 0 Å². The summed E-state index contributed by atoms with van der Waals surface area (Å²) < 4.78 is 0. The maximum atomic E-state index is 9.07. The van der Waals surface area contributed by atoms with E-state index >= 15 is 0 Å². The minimum absolute atomic E-state index is 0.692. The Morgan fingerprint density at radius 3 is 1.53 bits per heavy atom. The fourth-order valence-corrected chi connectivity index (χ4v) is 2.49. The second-order valence-corrected chi connectivity index (χ2v) is 4.93. The van der Waals surface area contributed by atoms with Crippen LogP contribution in [0.3, 0.4) is 0 Å². The monoisotopic (exact) mass is 246 g/mol. The highest BCUT2D eigenvalue weighted by atomic mass is 17.3. The summed E-state index contributed by atoms with van der Waals surface area (Å²) in [6.07, 6.45) is 12.2. The molecule has 0 bridgehead atoms. The molecule has 0 aromatic carbocycles. The van der Waals surface area contributed by atoms with Crippen molar-refractivity contribution in [2.45, 2.75) is 76.4 Å². The zero-order valence-electron chi connectivity index (χ0n) is 11.0. The topological polar surface area (TPSA) is 47.9 Å². The highest BCUT2D eigenvalue weighted by Crippen LogP contribution is 2.28. The van der Waals surface area contributed by atoms with Gasteiger partial charge in [-0.25, -0.2) is 15.0 Å². The molecule has 1 fully saturated rings. The zero-order valence-corrected chi connectivity index (χ0v) is 11.0. The summed E-state index contributed by atoms with van der Waals surface area (Å²) >= 11 is 0. The van der Waals surface area contributed by atoms with Gasteiger partial charge in [0.1, 0.15) is 0 Å². The summed E-state index contributed by atoms with van der Waals surface area (Å²) in [5.74, 6) is -0.950. The Morgan fingerprint density at radius 1 is 0.765 bits per heavy atom. The minimum Gasteiger partial charge on any atom is -0.249 e. The van der Waals surface area contributed by atoms with Gasteiger partial charge in [0.25, 0.3) is 0 Å². The van der Waals surface area contributed by atoms with E-state index in [1.54, 1.807) is 0 Å². The number of hydrogen-bond acceptors (Lipinski definition) is 4. The van der Waals surface area contributed by atoms with Crippen LogP contribution in [-0.2, 0) is 14.7 Å². The molecule has 17 heavy (non-hydrogen) atoms. The first-order valence-corrected chi connectivity index (χ1v) is 6.87.